The van der Waals surface area contributed by atoms with Gasteiger partial charge in [0.2, 0.25) is 0 Å². The van der Waals surface area contributed by atoms with Crippen molar-refractivity contribution in [3.8, 4) is 5.75 Å². The summed E-state index contributed by atoms with van der Waals surface area (Å²) in [6.07, 6.45) is 12.7. The third-order valence-corrected chi connectivity index (χ3v) is 7.28. The molecule has 1 unspecified atom stereocenters. The first-order valence-corrected chi connectivity index (χ1v) is 14.0. The summed E-state index contributed by atoms with van der Waals surface area (Å²) in [5, 5.41) is 0. The fourth-order valence-corrected chi connectivity index (χ4v) is 4.78. The maximum atomic E-state index is 12.5. The van der Waals surface area contributed by atoms with E-state index in [4.69, 9.17) is 9.29 Å². The van der Waals surface area contributed by atoms with Gasteiger partial charge in [0, 0.05) is 5.69 Å². The van der Waals surface area contributed by atoms with Crippen molar-refractivity contribution in [3.63, 3.8) is 0 Å². The van der Waals surface area contributed by atoms with Crippen molar-refractivity contribution in [1.29, 1.82) is 0 Å². The first-order chi connectivity index (χ1) is 15.4. The number of benzene rings is 2. The molecule has 0 saturated carbocycles. The minimum absolute atomic E-state index is 0.124. The highest BCUT2D eigenvalue weighted by atomic mass is 32.2. The summed E-state index contributed by atoms with van der Waals surface area (Å²) in [5.41, 5.74) is 0.320. The van der Waals surface area contributed by atoms with Gasteiger partial charge in [0.05, 0.1) is 16.4 Å². The normalized spacial score (nSPS) is 12.4. The second-order valence-electron chi connectivity index (χ2n) is 7.88. The van der Waals surface area contributed by atoms with Crippen LogP contribution >= 0.6 is 0 Å². The predicted molar refractivity (Wildman–Crippen MR) is 130 cm³/mol. The molecule has 8 heteroatoms. The Labute approximate surface area is 195 Å². The van der Waals surface area contributed by atoms with Gasteiger partial charge in [0.25, 0.3) is 10.0 Å². The number of hydrogen-bond donors (Lipinski definition) is 2. The van der Waals surface area contributed by atoms with Crippen LogP contribution in [0.4, 0.5) is 5.69 Å². The van der Waals surface area contributed by atoms with Gasteiger partial charge >= 0.3 is 0 Å². The molecule has 2 aromatic carbocycles. The molecule has 0 spiro atoms. The van der Waals surface area contributed by atoms with E-state index in [9.17, 15) is 12.6 Å². The van der Waals surface area contributed by atoms with Crippen molar-refractivity contribution in [2.45, 2.75) is 80.9 Å². The van der Waals surface area contributed by atoms with Gasteiger partial charge in [-0.2, -0.15) is 0 Å². The first kappa shape index (κ1) is 26.4. The summed E-state index contributed by atoms with van der Waals surface area (Å²) >= 11 is -2.10. The molecule has 2 aromatic rings. The van der Waals surface area contributed by atoms with Crippen molar-refractivity contribution >= 4 is 26.8 Å². The number of rotatable bonds is 16. The molecule has 2 rings (SSSR count). The number of hydrogen-bond acceptors (Lipinski definition) is 4. The first-order valence-electron chi connectivity index (χ1n) is 11.4. The number of anilines is 1. The molecule has 0 heterocycles. The van der Waals surface area contributed by atoms with Gasteiger partial charge in [0.15, 0.2) is 11.1 Å². The molecule has 0 radical (unpaired) electrons. The lowest BCUT2D eigenvalue weighted by Crippen LogP contribution is -2.13. The van der Waals surface area contributed by atoms with Gasteiger partial charge in [-0.3, -0.25) is 4.72 Å². The quantitative estimate of drug-likeness (QED) is 0.215. The van der Waals surface area contributed by atoms with Gasteiger partial charge in [-0.1, -0.05) is 64.7 Å². The Balaban J connectivity index is 1.68. The van der Waals surface area contributed by atoms with E-state index >= 15 is 0 Å². The van der Waals surface area contributed by atoms with Crippen LogP contribution in [0.1, 0.15) is 71.1 Å². The van der Waals surface area contributed by atoms with Gasteiger partial charge in [0.1, 0.15) is 5.75 Å². The van der Waals surface area contributed by atoms with E-state index in [1.807, 2.05) is 0 Å². The van der Waals surface area contributed by atoms with Crippen LogP contribution < -0.4 is 9.46 Å². The van der Waals surface area contributed by atoms with E-state index in [0.717, 1.165) is 12.8 Å². The maximum absolute atomic E-state index is 12.5. The van der Waals surface area contributed by atoms with Gasteiger partial charge < -0.3 is 9.29 Å². The molecule has 2 N–H and O–H groups in total. The average Bonchev–Trinajstić information content (AvgIpc) is 2.78. The fraction of sp³-hybridized carbons (Fsp3) is 0.500. The lowest BCUT2D eigenvalue weighted by atomic mass is 10.1. The van der Waals surface area contributed by atoms with Crippen LogP contribution in [0.5, 0.6) is 5.75 Å². The topological polar surface area (TPSA) is 92.7 Å². The summed E-state index contributed by atoms with van der Waals surface area (Å²) in [6, 6.07) is 12.0. The van der Waals surface area contributed by atoms with Crippen molar-refractivity contribution < 1.29 is 21.9 Å². The van der Waals surface area contributed by atoms with Gasteiger partial charge in [-0.15, -0.1) is 0 Å². The molecule has 178 valence electrons. The second kappa shape index (κ2) is 14.3. The second-order valence-corrected chi connectivity index (χ2v) is 10.5. The number of sulfonamides is 1. The number of unbranched alkanes of at least 4 members (excludes halogenated alkanes) is 9. The highest BCUT2D eigenvalue weighted by molar-refractivity contribution is 7.92. The van der Waals surface area contributed by atoms with E-state index in [-0.39, 0.29) is 9.79 Å². The molecule has 0 aliphatic carbocycles. The standard InChI is InChI=1S/C24H35NO5S2/c1-2-3-4-5-6-7-8-9-10-11-20-30-22-14-18-24(19-15-22)32(28,29)25-21-12-16-23(17-13-21)31(26)27/h12-19,25H,2-11,20H2,1H3,(H,26,27). The smallest absolute Gasteiger partial charge is 0.261 e. The number of nitrogens with one attached hydrogen (secondary N) is 1. The predicted octanol–water partition coefficient (Wildman–Crippen LogP) is 6.37. The Kier molecular flexibility index (Phi) is 11.8. The van der Waals surface area contributed by atoms with Crippen LogP contribution in [-0.4, -0.2) is 23.8 Å². The van der Waals surface area contributed by atoms with Crippen molar-refractivity contribution in [2.24, 2.45) is 0 Å². The Morgan fingerprint density at radius 1 is 0.812 bits per heavy atom. The van der Waals surface area contributed by atoms with Crippen LogP contribution in [0.2, 0.25) is 0 Å². The van der Waals surface area contributed by atoms with E-state index in [2.05, 4.69) is 11.6 Å². The summed E-state index contributed by atoms with van der Waals surface area (Å²) < 4.78 is 53.3. The molecule has 32 heavy (non-hydrogen) atoms. The van der Waals surface area contributed by atoms with Crippen LogP contribution in [0, 0.1) is 0 Å². The van der Waals surface area contributed by atoms with E-state index in [1.165, 1.54) is 87.8 Å². The molecule has 6 nitrogen and oxygen atoms in total. The Bertz CT molecular complexity index is 912. The van der Waals surface area contributed by atoms with Crippen LogP contribution in [0.25, 0.3) is 0 Å². The Morgan fingerprint density at radius 3 is 1.88 bits per heavy atom. The summed E-state index contributed by atoms with van der Waals surface area (Å²) in [4.78, 5) is 0.329. The SMILES string of the molecule is CCCCCCCCCCCCOc1ccc(S(=O)(=O)Nc2ccc(S(=O)O)cc2)cc1. The minimum Gasteiger partial charge on any atom is -0.494 e. The summed E-state index contributed by atoms with van der Waals surface area (Å²) in [7, 11) is -3.75. The van der Waals surface area contributed by atoms with E-state index in [1.54, 1.807) is 12.1 Å². The molecular formula is C24H35NO5S2. The molecule has 0 aromatic heterocycles. The number of ether oxygens (including phenoxy) is 1. The molecular weight excluding hydrogens is 446 g/mol. The Morgan fingerprint density at radius 2 is 1.34 bits per heavy atom. The molecule has 0 saturated heterocycles. The third-order valence-electron chi connectivity index (χ3n) is 5.21. The average molecular weight is 482 g/mol. The largest absolute Gasteiger partial charge is 0.494 e. The third kappa shape index (κ3) is 9.71. The molecule has 0 bridgehead atoms. The van der Waals surface area contributed by atoms with E-state index < -0.39 is 21.1 Å². The summed E-state index contributed by atoms with van der Waals surface area (Å²) in [5.74, 6) is 0.648. The van der Waals surface area contributed by atoms with Crippen molar-refractivity contribution in [1.82, 2.24) is 0 Å². The highest BCUT2D eigenvalue weighted by Crippen LogP contribution is 2.20. The molecule has 0 fully saturated rings. The molecule has 0 aliphatic heterocycles. The lowest BCUT2D eigenvalue weighted by Gasteiger charge is -2.10. The van der Waals surface area contributed by atoms with Gasteiger partial charge in [-0.05, 0) is 55.0 Å². The zero-order chi connectivity index (χ0) is 23.2. The fourth-order valence-electron chi connectivity index (χ4n) is 3.35. The van der Waals surface area contributed by atoms with Crippen LogP contribution in [-0.2, 0) is 21.1 Å². The summed E-state index contributed by atoms with van der Waals surface area (Å²) in [6.45, 7) is 2.86. The Hall–Kier alpha value is -1.90. The molecule has 0 aliphatic rings. The lowest BCUT2D eigenvalue weighted by molar-refractivity contribution is 0.304. The monoisotopic (exact) mass is 481 g/mol. The van der Waals surface area contributed by atoms with Crippen molar-refractivity contribution in [2.75, 3.05) is 11.3 Å². The minimum atomic E-state index is -3.75. The molecule has 0 amide bonds. The zero-order valence-corrected chi connectivity index (χ0v) is 20.4. The highest BCUT2D eigenvalue weighted by Gasteiger charge is 2.14. The van der Waals surface area contributed by atoms with Crippen molar-refractivity contribution in [3.05, 3.63) is 48.5 Å². The van der Waals surface area contributed by atoms with E-state index in [0.29, 0.717) is 18.0 Å². The van der Waals surface area contributed by atoms with Gasteiger partial charge in [-0.25, -0.2) is 12.6 Å². The van der Waals surface area contributed by atoms with Crippen LogP contribution in [0.3, 0.4) is 0 Å². The van der Waals surface area contributed by atoms with Crippen LogP contribution in [0.15, 0.2) is 58.3 Å². The zero-order valence-electron chi connectivity index (χ0n) is 18.8. The molecule has 1 atom stereocenters. The maximum Gasteiger partial charge on any atom is 0.261 e.